The number of piperazine rings is 1. The van der Waals surface area contributed by atoms with Gasteiger partial charge in [-0.2, -0.15) is 0 Å². The van der Waals surface area contributed by atoms with Crippen LogP contribution in [-0.4, -0.2) is 47.0 Å². The maximum Gasteiger partial charge on any atom is 0.115 e. The highest BCUT2D eigenvalue weighted by atomic mass is 79.9. The fourth-order valence-electron chi connectivity index (χ4n) is 2.44. The molecule has 1 saturated heterocycles. The van der Waals surface area contributed by atoms with E-state index in [0.29, 0.717) is 0 Å². The van der Waals surface area contributed by atoms with Gasteiger partial charge in [0.2, 0.25) is 0 Å². The summed E-state index contributed by atoms with van der Waals surface area (Å²) in [6, 6.07) is 6.19. The van der Waals surface area contributed by atoms with Crippen LogP contribution in [0.15, 0.2) is 29.0 Å². The molecule has 1 aliphatic heterocycles. The lowest BCUT2D eigenvalue weighted by Crippen LogP contribution is -2.44. The molecule has 3 heterocycles. The summed E-state index contributed by atoms with van der Waals surface area (Å²) < 4.78 is 3.26. The van der Waals surface area contributed by atoms with Gasteiger partial charge in [-0.05, 0) is 28.1 Å². The number of rotatable bonds is 3. The molecule has 96 valence electrons. The fourth-order valence-corrected chi connectivity index (χ4v) is 3.00. The molecule has 0 bridgehead atoms. The Hall–Kier alpha value is -0.910. The molecular formula is C13H17BrN4. The van der Waals surface area contributed by atoms with Gasteiger partial charge in [-0.15, -0.1) is 0 Å². The first-order valence-electron chi connectivity index (χ1n) is 6.38. The Morgan fingerprint density at radius 2 is 2.11 bits per heavy atom. The average Bonchev–Trinajstić information content (AvgIpc) is 2.82. The number of nitrogens with zero attached hydrogens (tertiary/aromatic N) is 3. The van der Waals surface area contributed by atoms with E-state index in [9.17, 15) is 0 Å². The topological polar surface area (TPSA) is 32.6 Å². The van der Waals surface area contributed by atoms with Gasteiger partial charge in [0, 0.05) is 39.1 Å². The molecule has 0 saturated carbocycles. The van der Waals surface area contributed by atoms with Crippen molar-refractivity contribution in [1.29, 1.82) is 0 Å². The van der Waals surface area contributed by atoms with E-state index < -0.39 is 0 Å². The number of hydrogen-bond donors (Lipinski definition) is 1. The first-order valence-corrected chi connectivity index (χ1v) is 7.18. The van der Waals surface area contributed by atoms with Crippen molar-refractivity contribution in [2.75, 3.05) is 32.7 Å². The van der Waals surface area contributed by atoms with E-state index in [1.807, 2.05) is 12.3 Å². The lowest BCUT2D eigenvalue weighted by Gasteiger charge is -2.26. The molecule has 2 aromatic heterocycles. The van der Waals surface area contributed by atoms with Crippen molar-refractivity contribution < 1.29 is 0 Å². The van der Waals surface area contributed by atoms with Crippen molar-refractivity contribution in [3.63, 3.8) is 0 Å². The molecule has 3 rings (SSSR count). The first-order chi connectivity index (χ1) is 8.84. The third-order valence-electron chi connectivity index (χ3n) is 3.44. The van der Waals surface area contributed by atoms with E-state index >= 15 is 0 Å². The van der Waals surface area contributed by atoms with Crippen molar-refractivity contribution in [3.05, 3.63) is 34.8 Å². The first kappa shape index (κ1) is 12.1. The van der Waals surface area contributed by atoms with Gasteiger partial charge in [-0.3, -0.25) is 4.40 Å². The molecule has 0 unspecified atom stereocenters. The predicted octanol–water partition coefficient (Wildman–Crippen LogP) is 1.54. The fraction of sp³-hybridized carbons (Fsp3) is 0.462. The van der Waals surface area contributed by atoms with Gasteiger partial charge in [-0.1, -0.05) is 6.07 Å². The molecule has 0 atom stereocenters. The minimum Gasteiger partial charge on any atom is -0.314 e. The Kier molecular flexibility index (Phi) is 3.63. The van der Waals surface area contributed by atoms with Crippen LogP contribution < -0.4 is 5.32 Å². The summed E-state index contributed by atoms with van der Waals surface area (Å²) >= 11 is 3.59. The highest BCUT2D eigenvalue weighted by molar-refractivity contribution is 9.10. The summed E-state index contributed by atoms with van der Waals surface area (Å²) in [5.74, 6) is 1.14. The number of hydrogen-bond acceptors (Lipinski definition) is 3. The van der Waals surface area contributed by atoms with E-state index in [1.54, 1.807) is 0 Å². The van der Waals surface area contributed by atoms with Gasteiger partial charge >= 0.3 is 0 Å². The maximum absolute atomic E-state index is 4.53. The molecule has 18 heavy (non-hydrogen) atoms. The number of fused-ring (bicyclic) bond motifs is 1. The summed E-state index contributed by atoms with van der Waals surface area (Å²) in [4.78, 5) is 7.03. The van der Waals surface area contributed by atoms with Gasteiger partial charge in [0.1, 0.15) is 5.82 Å². The third kappa shape index (κ3) is 2.43. The second-order valence-electron chi connectivity index (χ2n) is 4.62. The molecule has 2 aromatic rings. The van der Waals surface area contributed by atoms with Gasteiger partial charge < -0.3 is 10.2 Å². The lowest BCUT2D eigenvalue weighted by molar-refractivity contribution is 0.242. The Morgan fingerprint density at radius 1 is 1.28 bits per heavy atom. The molecule has 5 heteroatoms. The van der Waals surface area contributed by atoms with Crippen molar-refractivity contribution in [2.45, 2.75) is 6.42 Å². The van der Waals surface area contributed by atoms with Gasteiger partial charge in [-0.25, -0.2) is 4.98 Å². The Morgan fingerprint density at radius 3 is 2.94 bits per heavy atom. The lowest BCUT2D eigenvalue weighted by atomic mass is 10.3. The molecule has 4 nitrogen and oxygen atoms in total. The number of pyridine rings is 1. The van der Waals surface area contributed by atoms with Crippen LogP contribution in [0, 0.1) is 0 Å². The SMILES string of the molecule is Brc1cccc2cnc(CCN3CCNCC3)n12. The molecular weight excluding hydrogens is 292 g/mol. The Labute approximate surface area is 115 Å². The largest absolute Gasteiger partial charge is 0.314 e. The zero-order chi connectivity index (χ0) is 12.4. The normalized spacial score (nSPS) is 17.4. The number of imidazole rings is 1. The minimum atomic E-state index is 0.997. The molecule has 0 spiro atoms. The van der Waals surface area contributed by atoms with Crippen LogP contribution in [0.1, 0.15) is 5.82 Å². The Balaban J connectivity index is 1.74. The van der Waals surface area contributed by atoms with Crippen molar-refractivity contribution in [3.8, 4) is 0 Å². The quantitative estimate of drug-likeness (QED) is 0.873. The molecule has 0 radical (unpaired) electrons. The molecule has 0 aliphatic carbocycles. The summed E-state index contributed by atoms with van der Waals surface area (Å²) in [6.45, 7) is 5.58. The van der Waals surface area contributed by atoms with E-state index in [0.717, 1.165) is 55.1 Å². The summed E-state index contributed by atoms with van der Waals surface area (Å²) in [7, 11) is 0. The summed E-state index contributed by atoms with van der Waals surface area (Å²) in [5.41, 5.74) is 1.15. The highest BCUT2D eigenvalue weighted by Gasteiger charge is 2.11. The van der Waals surface area contributed by atoms with Crippen LogP contribution in [0.25, 0.3) is 5.52 Å². The summed E-state index contributed by atoms with van der Waals surface area (Å²) in [5, 5.41) is 3.38. The average molecular weight is 309 g/mol. The van der Waals surface area contributed by atoms with Crippen LogP contribution in [0.4, 0.5) is 0 Å². The predicted molar refractivity (Wildman–Crippen MR) is 75.9 cm³/mol. The van der Waals surface area contributed by atoms with Gasteiger partial charge in [0.05, 0.1) is 16.3 Å². The van der Waals surface area contributed by atoms with Crippen LogP contribution >= 0.6 is 15.9 Å². The van der Waals surface area contributed by atoms with E-state index in [1.165, 1.54) is 0 Å². The second kappa shape index (κ2) is 5.38. The van der Waals surface area contributed by atoms with E-state index in [2.05, 4.69) is 47.7 Å². The van der Waals surface area contributed by atoms with E-state index in [-0.39, 0.29) is 0 Å². The van der Waals surface area contributed by atoms with Gasteiger partial charge in [0.15, 0.2) is 0 Å². The zero-order valence-corrected chi connectivity index (χ0v) is 11.9. The van der Waals surface area contributed by atoms with Crippen molar-refractivity contribution >= 4 is 21.4 Å². The van der Waals surface area contributed by atoms with Crippen molar-refractivity contribution in [1.82, 2.24) is 19.6 Å². The van der Waals surface area contributed by atoms with Crippen LogP contribution in [-0.2, 0) is 6.42 Å². The van der Waals surface area contributed by atoms with Crippen molar-refractivity contribution in [2.24, 2.45) is 0 Å². The minimum absolute atomic E-state index is 0.997. The smallest absolute Gasteiger partial charge is 0.115 e. The van der Waals surface area contributed by atoms with Crippen LogP contribution in [0.3, 0.4) is 0 Å². The molecule has 0 aromatic carbocycles. The molecule has 1 N–H and O–H groups in total. The van der Waals surface area contributed by atoms with E-state index in [4.69, 9.17) is 0 Å². The molecule has 1 aliphatic rings. The number of halogens is 1. The zero-order valence-electron chi connectivity index (χ0n) is 10.3. The second-order valence-corrected chi connectivity index (χ2v) is 5.44. The number of nitrogens with one attached hydrogen (secondary N) is 1. The summed E-state index contributed by atoms with van der Waals surface area (Å²) in [6.07, 6.45) is 2.94. The van der Waals surface area contributed by atoms with Crippen LogP contribution in [0.5, 0.6) is 0 Å². The maximum atomic E-state index is 4.53. The van der Waals surface area contributed by atoms with Crippen LogP contribution in [0.2, 0.25) is 0 Å². The highest BCUT2D eigenvalue weighted by Crippen LogP contribution is 2.16. The molecule has 0 amide bonds. The molecule has 1 fully saturated rings. The standard InChI is InChI=1S/C13H17BrN4/c14-12-3-1-2-11-10-16-13(18(11)12)4-7-17-8-5-15-6-9-17/h1-3,10,15H,4-9H2. The monoisotopic (exact) mass is 308 g/mol. The third-order valence-corrected chi connectivity index (χ3v) is 4.06. The number of aromatic nitrogens is 2. The Bertz CT molecular complexity index is 531. The van der Waals surface area contributed by atoms with Gasteiger partial charge in [0.25, 0.3) is 0 Å².